The van der Waals surface area contributed by atoms with Crippen LogP contribution in [0.1, 0.15) is 5.76 Å². The molecule has 0 bridgehead atoms. The van der Waals surface area contributed by atoms with Crippen LogP contribution in [0, 0.1) is 0 Å². The van der Waals surface area contributed by atoms with E-state index in [0.29, 0.717) is 49.3 Å². The lowest BCUT2D eigenvalue weighted by molar-refractivity contribution is -0.111. The van der Waals surface area contributed by atoms with Crippen LogP contribution < -0.4 is 5.32 Å². The monoisotopic (exact) mass is 508 g/mol. The lowest BCUT2D eigenvalue weighted by atomic mass is 10.2. The second-order valence-corrected chi connectivity index (χ2v) is 8.70. The normalized spacial score (nSPS) is 11.4. The van der Waals surface area contributed by atoms with Crippen molar-refractivity contribution in [3.05, 3.63) is 99.7 Å². The van der Waals surface area contributed by atoms with Gasteiger partial charge in [0.1, 0.15) is 17.0 Å². The van der Waals surface area contributed by atoms with E-state index in [9.17, 15) is 4.79 Å². The van der Waals surface area contributed by atoms with Gasteiger partial charge in [-0.1, -0.05) is 34.8 Å². The number of aromatic nitrogens is 1. The van der Waals surface area contributed by atoms with Gasteiger partial charge in [0.2, 0.25) is 11.8 Å². The van der Waals surface area contributed by atoms with Gasteiger partial charge in [-0.15, -0.1) is 0 Å². The number of oxazole rings is 1. The zero-order chi connectivity index (χ0) is 23.7. The average Bonchev–Trinajstić information content (AvgIpc) is 3.44. The first-order valence-electron chi connectivity index (χ1n) is 10.1. The molecule has 3 aromatic carbocycles. The average molecular weight is 510 g/mol. The van der Waals surface area contributed by atoms with E-state index in [4.69, 9.17) is 43.6 Å². The molecule has 0 atom stereocenters. The third kappa shape index (κ3) is 5.02. The summed E-state index contributed by atoms with van der Waals surface area (Å²) in [4.78, 5) is 16.8. The van der Waals surface area contributed by atoms with Crippen LogP contribution in [0.4, 0.5) is 5.69 Å². The molecule has 0 saturated heterocycles. The van der Waals surface area contributed by atoms with Gasteiger partial charge < -0.3 is 14.2 Å². The number of benzene rings is 3. The van der Waals surface area contributed by atoms with E-state index in [1.54, 1.807) is 66.7 Å². The van der Waals surface area contributed by atoms with Crippen molar-refractivity contribution in [2.24, 2.45) is 0 Å². The van der Waals surface area contributed by atoms with Gasteiger partial charge in [0.15, 0.2) is 5.58 Å². The van der Waals surface area contributed by atoms with Gasteiger partial charge in [-0.05, 0) is 78.9 Å². The quantitative estimate of drug-likeness (QED) is 0.242. The van der Waals surface area contributed by atoms with E-state index in [0.717, 1.165) is 11.1 Å². The Hall–Kier alpha value is -3.51. The molecule has 5 aromatic rings. The highest BCUT2D eigenvalue weighted by Gasteiger charge is 2.10. The number of nitrogens with one attached hydrogen (secondary N) is 1. The van der Waals surface area contributed by atoms with Crippen molar-refractivity contribution in [2.75, 3.05) is 5.32 Å². The molecule has 0 aliphatic rings. The number of hydrogen-bond donors (Lipinski definition) is 1. The van der Waals surface area contributed by atoms with Crippen LogP contribution in [0.2, 0.25) is 15.1 Å². The number of rotatable bonds is 5. The Morgan fingerprint density at radius 2 is 1.56 bits per heavy atom. The number of amides is 1. The summed E-state index contributed by atoms with van der Waals surface area (Å²) >= 11 is 18.1. The van der Waals surface area contributed by atoms with Crippen molar-refractivity contribution >= 4 is 63.6 Å². The molecule has 0 aliphatic heterocycles. The van der Waals surface area contributed by atoms with Gasteiger partial charge in [-0.25, -0.2) is 4.98 Å². The van der Waals surface area contributed by atoms with Crippen molar-refractivity contribution < 1.29 is 13.6 Å². The molecule has 8 heteroatoms. The first-order valence-corrected chi connectivity index (χ1v) is 11.3. The second-order valence-electron chi connectivity index (χ2n) is 7.39. The highest BCUT2D eigenvalue weighted by atomic mass is 35.5. The highest BCUT2D eigenvalue weighted by molar-refractivity contribution is 6.35. The smallest absolute Gasteiger partial charge is 0.248 e. The summed E-state index contributed by atoms with van der Waals surface area (Å²) in [5.74, 6) is 1.30. The molecule has 34 heavy (non-hydrogen) atoms. The predicted molar refractivity (Wildman–Crippen MR) is 136 cm³/mol. The van der Waals surface area contributed by atoms with Crippen LogP contribution in [0.15, 0.2) is 87.7 Å². The van der Waals surface area contributed by atoms with Gasteiger partial charge in [-0.3, -0.25) is 4.79 Å². The Morgan fingerprint density at radius 1 is 0.794 bits per heavy atom. The molecule has 5 rings (SSSR count). The van der Waals surface area contributed by atoms with E-state index in [-0.39, 0.29) is 5.91 Å². The number of halogens is 3. The Morgan fingerprint density at radius 3 is 2.32 bits per heavy atom. The molecular formula is C26H15Cl3N2O3. The minimum Gasteiger partial charge on any atom is -0.457 e. The largest absolute Gasteiger partial charge is 0.457 e. The fourth-order valence-electron chi connectivity index (χ4n) is 3.36. The molecular weight excluding hydrogens is 495 g/mol. The molecule has 0 unspecified atom stereocenters. The Labute approximate surface area is 209 Å². The van der Waals surface area contributed by atoms with E-state index in [2.05, 4.69) is 10.3 Å². The number of anilines is 1. The molecule has 2 aromatic heterocycles. The number of nitrogens with zero attached hydrogens (tertiary/aromatic N) is 1. The maximum Gasteiger partial charge on any atom is 0.248 e. The maximum atomic E-state index is 12.3. The minimum atomic E-state index is -0.298. The van der Waals surface area contributed by atoms with Gasteiger partial charge in [-0.2, -0.15) is 0 Å². The first kappa shape index (κ1) is 22.3. The molecule has 0 saturated carbocycles. The molecule has 0 spiro atoms. The van der Waals surface area contributed by atoms with Crippen molar-refractivity contribution in [3.63, 3.8) is 0 Å². The summed E-state index contributed by atoms with van der Waals surface area (Å²) in [5.41, 5.74) is 3.51. The number of carbonyl (C=O) groups is 1. The molecule has 2 heterocycles. The molecule has 168 valence electrons. The van der Waals surface area contributed by atoms with Crippen LogP contribution in [0.3, 0.4) is 0 Å². The van der Waals surface area contributed by atoms with E-state index in [1.807, 2.05) is 12.1 Å². The van der Waals surface area contributed by atoms with Crippen LogP contribution in [0.25, 0.3) is 40.0 Å². The molecule has 0 radical (unpaired) electrons. The van der Waals surface area contributed by atoms with Crippen LogP contribution in [-0.2, 0) is 4.79 Å². The molecule has 0 fully saturated rings. The standard InChI is InChI=1S/C26H15Cl3N2O3/c27-17-3-8-24-22(14-17)31-26(34-24)15-1-4-20(5-2-15)30-25(32)10-7-21-6-9-23(33-21)16-11-18(28)13-19(29)12-16/h1-14H,(H,30,32)/b10-7+. The molecule has 0 aliphatic carbocycles. The zero-order valence-electron chi connectivity index (χ0n) is 17.4. The predicted octanol–water partition coefficient (Wildman–Crippen LogP) is 8.37. The zero-order valence-corrected chi connectivity index (χ0v) is 19.7. The number of fused-ring (bicyclic) bond motifs is 1. The van der Waals surface area contributed by atoms with Crippen molar-refractivity contribution in [1.29, 1.82) is 0 Å². The van der Waals surface area contributed by atoms with Crippen molar-refractivity contribution in [2.45, 2.75) is 0 Å². The summed E-state index contributed by atoms with van der Waals surface area (Å²) in [6.07, 6.45) is 2.98. The van der Waals surface area contributed by atoms with Gasteiger partial charge >= 0.3 is 0 Å². The van der Waals surface area contributed by atoms with Crippen LogP contribution in [0.5, 0.6) is 0 Å². The lowest BCUT2D eigenvalue weighted by Gasteiger charge is -2.02. The Kier molecular flexibility index (Phi) is 6.16. The highest BCUT2D eigenvalue weighted by Crippen LogP contribution is 2.29. The van der Waals surface area contributed by atoms with Gasteiger partial charge in [0.05, 0.1) is 0 Å². The van der Waals surface area contributed by atoms with Crippen molar-refractivity contribution in [3.8, 4) is 22.8 Å². The summed E-state index contributed by atoms with van der Waals surface area (Å²) in [6.45, 7) is 0. The van der Waals surface area contributed by atoms with Crippen molar-refractivity contribution in [1.82, 2.24) is 4.98 Å². The first-order chi connectivity index (χ1) is 16.4. The SMILES string of the molecule is O=C(/C=C/c1ccc(-c2cc(Cl)cc(Cl)c2)o1)Nc1ccc(-c2nc3cc(Cl)ccc3o2)cc1. The number of hydrogen-bond acceptors (Lipinski definition) is 4. The summed E-state index contributed by atoms with van der Waals surface area (Å²) in [7, 11) is 0. The number of carbonyl (C=O) groups excluding carboxylic acids is 1. The van der Waals surface area contributed by atoms with E-state index < -0.39 is 0 Å². The van der Waals surface area contributed by atoms with Crippen LogP contribution in [-0.4, -0.2) is 10.9 Å². The summed E-state index contributed by atoms with van der Waals surface area (Å²) in [5, 5.41) is 4.43. The fraction of sp³-hybridized carbons (Fsp3) is 0. The Bertz CT molecular complexity index is 1510. The molecule has 1 amide bonds. The second kappa shape index (κ2) is 9.39. The third-order valence-corrected chi connectivity index (χ3v) is 5.59. The lowest BCUT2D eigenvalue weighted by Crippen LogP contribution is -2.07. The molecule has 5 nitrogen and oxygen atoms in total. The summed E-state index contributed by atoms with van der Waals surface area (Å²) < 4.78 is 11.5. The maximum absolute atomic E-state index is 12.3. The van der Waals surface area contributed by atoms with Crippen LogP contribution >= 0.6 is 34.8 Å². The fourth-order valence-corrected chi connectivity index (χ4v) is 4.05. The van der Waals surface area contributed by atoms with Gasteiger partial charge in [0, 0.05) is 38.0 Å². The van der Waals surface area contributed by atoms with E-state index >= 15 is 0 Å². The molecule has 1 N–H and O–H groups in total. The van der Waals surface area contributed by atoms with E-state index in [1.165, 1.54) is 6.08 Å². The topological polar surface area (TPSA) is 68.3 Å². The minimum absolute atomic E-state index is 0.298. The number of furan rings is 1. The third-order valence-electron chi connectivity index (χ3n) is 4.92. The summed E-state index contributed by atoms with van der Waals surface area (Å²) in [6, 6.07) is 21.2. The van der Waals surface area contributed by atoms with Gasteiger partial charge in [0.25, 0.3) is 0 Å². The Balaban J connectivity index is 1.24.